The first-order valence-corrected chi connectivity index (χ1v) is 5.99. The van der Waals surface area contributed by atoms with Crippen molar-refractivity contribution in [2.75, 3.05) is 13.1 Å². The van der Waals surface area contributed by atoms with Crippen LogP contribution in [0, 0.1) is 0 Å². The predicted molar refractivity (Wildman–Crippen MR) is 70.6 cm³/mol. The van der Waals surface area contributed by atoms with Gasteiger partial charge in [-0.15, -0.1) is 0 Å². The Hall–Kier alpha value is -0.860. The summed E-state index contributed by atoms with van der Waals surface area (Å²) in [7, 11) is 0. The van der Waals surface area contributed by atoms with Gasteiger partial charge in [-0.1, -0.05) is 45.0 Å². The van der Waals surface area contributed by atoms with Crippen LogP contribution < -0.4 is 11.1 Å². The maximum atomic E-state index is 5.47. The summed E-state index contributed by atoms with van der Waals surface area (Å²) < 4.78 is 0. The van der Waals surface area contributed by atoms with Gasteiger partial charge in [0.05, 0.1) is 0 Å². The van der Waals surface area contributed by atoms with Gasteiger partial charge >= 0.3 is 0 Å². The van der Waals surface area contributed by atoms with Gasteiger partial charge in [-0.2, -0.15) is 0 Å². The highest BCUT2D eigenvalue weighted by molar-refractivity contribution is 5.28. The van der Waals surface area contributed by atoms with Crippen molar-refractivity contribution in [2.45, 2.75) is 39.2 Å². The van der Waals surface area contributed by atoms with E-state index in [1.165, 1.54) is 11.1 Å². The third kappa shape index (κ3) is 3.62. The molecule has 90 valence electrons. The van der Waals surface area contributed by atoms with E-state index in [1.807, 2.05) is 0 Å². The Bertz CT molecular complexity index is 309. The van der Waals surface area contributed by atoms with Crippen LogP contribution in [0.2, 0.25) is 0 Å². The van der Waals surface area contributed by atoms with E-state index in [0.717, 1.165) is 6.54 Å². The van der Waals surface area contributed by atoms with E-state index < -0.39 is 0 Å². The Morgan fingerprint density at radius 2 is 1.75 bits per heavy atom. The molecule has 3 N–H and O–H groups in total. The first-order chi connectivity index (χ1) is 7.45. The van der Waals surface area contributed by atoms with E-state index in [0.29, 0.717) is 12.6 Å². The summed E-state index contributed by atoms with van der Waals surface area (Å²) in [6.45, 7) is 10.4. The van der Waals surface area contributed by atoms with E-state index in [2.05, 4.69) is 57.3 Å². The number of hydrogen-bond donors (Lipinski definition) is 2. The average Bonchev–Trinajstić information content (AvgIpc) is 2.25. The van der Waals surface area contributed by atoms with E-state index >= 15 is 0 Å². The molecule has 0 spiro atoms. The highest BCUT2D eigenvalue weighted by atomic mass is 14.9. The molecule has 1 aromatic rings. The molecular formula is C14H24N2. The monoisotopic (exact) mass is 220 g/mol. The molecule has 0 bridgehead atoms. The third-order valence-electron chi connectivity index (χ3n) is 2.87. The second kappa shape index (κ2) is 5.46. The zero-order chi connectivity index (χ0) is 12.2. The topological polar surface area (TPSA) is 38.0 Å². The fourth-order valence-electron chi connectivity index (χ4n) is 1.69. The minimum atomic E-state index is 0.229. The van der Waals surface area contributed by atoms with Crippen LogP contribution in [-0.2, 0) is 5.41 Å². The van der Waals surface area contributed by atoms with Crippen molar-refractivity contribution in [2.24, 2.45) is 5.73 Å². The molecule has 0 saturated heterocycles. The highest BCUT2D eigenvalue weighted by Crippen LogP contribution is 2.23. The fourth-order valence-corrected chi connectivity index (χ4v) is 1.69. The van der Waals surface area contributed by atoms with Crippen molar-refractivity contribution in [3.05, 3.63) is 35.4 Å². The average molecular weight is 220 g/mol. The van der Waals surface area contributed by atoms with Gasteiger partial charge in [-0.25, -0.2) is 0 Å². The molecular weight excluding hydrogens is 196 g/mol. The largest absolute Gasteiger partial charge is 0.329 e. The summed E-state index contributed by atoms with van der Waals surface area (Å²) in [6.07, 6.45) is 0. The molecule has 0 aromatic heterocycles. The normalized spacial score (nSPS) is 13.8. The van der Waals surface area contributed by atoms with Gasteiger partial charge in [0.1, 0.15) is 0 Å². The van der Waals surface area contributed by atoms with Crippen molar-refractivity contribution in [1.29, 1.82) is 0 Å². The Morgan fingerprint density at radius 3 is 2.19 bits per heavy atom. The van der Waals surface area contributed by atoms with Crippen molar-refractivity contribution in [3.8, 4) is 0 Å². The van der Waals surface area contributed by atoms with E-state index in [4.69, 9.17) is 5.73 Å². The van der Waals surface area contributed by atoms with Crippen LogP contribution in [0.3, 0.4) is 0 Å². The molecule has 0 aliphatic rings. The second-order valence-corrected chi connectivity index (χ2v) is 5.34. The second-order valence-electron chi connectivity index (χ2n) is 5.34. The van der Waals surface area contributed by atoms with Gasteiger partial charge in [0.15, 0.2) is 0 Å². The minimum Gasteiger partial charge on any atom is -0.329 e. The van der Waals surface area contributed by atoms with Crippen LogP contribution in [0.15, 0.2) is 24.3 Å². The highest BCUT2D eigenvalue weighted by Gasteiger charge is 2.13. The zero-order valence-electron chi connectivity index (χ0n) is 10.9. The standard InChI is InChI=1S/C14H24N2/c1-11(16-10-9-15)12-5-7-13(8-6-12)14(2,3)4/h5-8,11,16H,9-10,15H2,1-4H3. The predicted octanol–water partition coefficient (Wildman–Crippen LogP) is 2.59. The van der Waals surface area contributed by atoms with Gasteiger partial charge < -0.3 is 11.1 Å². The molecule has 1 rings (SSSR count). The van der Waals surface area contributed by atoms with Crippen LogP contribution in [0.25, 0.3) is 0 Å². The van der Waals surface area contributed by atoms with Crippen molar-refractivity contribution in [3.63, 3.8) is 0 Å². The lowest BCUT2D eigenvalue weighted by atomic mass is 9.86. The summed E-state index contributed by atoms with van der Waals surface area (Å²) in [6, 6.07) is 9.22. The third-order valence-corrected chi connectivity index (χ3v) is 2.87. The Balaban J connectivity index is 2.71. The van der Waals surface area contributed by atoms with Gasteiger partial charge in [-0.05, 0) is 23.5 Å². The van der Waals surface area contributed by atoms with Crippen LogP contribution in [0.5, 0.6) is 0 Å². The van der Waals surface area contributed by atoms with Gasteiger partial charge in [0.25, 0.3) is 0 Å². The Labute approximate surface area is 99.2 Å². The molecule has 0 aliphatic carbocycles. The molecule has 1 aromatic carbocycles. The molecule has 2 heteroatoms. The number of hydrogen-bond acceptors (Lipinski definition) is 2. The first-order valence-electron chi connectivity index (χ1n) is 5.99. The maximum absolute atomic E-state index is 5.47. The van der Waals surface area contributed by atoms with Crippen LogP contribution >= 0.6 is 0 Å². The molecule has 1 atom stereocenters. The molecule has 0 saturated carbocycles. The first kappa shape index (κ1) is 13.2. The number of nitrogens with two attached hydrogens (primary N) is 1. The molecule has 0 heterocycles. The van der Waals surface area contributed by atoms with Gasteiger partial charge in [-0.3, -0.25) is 0 Å². The van der Waals surface area contributed by atoms with Gasteiger partial charge in [0, 0.05) is 19.1 Å². The fraction of sp³-hybridized carbons (Fsp3) is 0.571. The van der Waals surface area contributed by atoms with Crippen molar-refractivity contribution >= 4 is 0 Å². The van der Waals surface area contributed by atoms with E-state index in [9.17, 15) is 0 Å². The summed E-state index contributed by atoms with van der Waals surface area (Å²) in [4.78, 5) is 0. The lowest BCUT2D eigenvalue weighted by molar-refractivity contribution is 0.575. The summed E-state index contributed by atoms with van der Waals surface area (Å²) in [5.41, 5.74) is 8.40. The molecule has 0 amide bonds. The molecule has 0 fully saturated rings. The number of rotatable bonds is 4. The van der Waals surface area contributed by atoms with Crippen molar-refractivity contribution in [1.82, 2.24) is 5.32 Å². The van der Waals surface area contributed by atoms with Crippen LogP contribution in [0.1, 0.15) is 44.9 Å². The lowest BCUT2D eigenvalue weighted by Gasteiger charge is -2.20. The van der Waals surface area contributed by atoms with E-state index in [-0.39, 0.29) is 5.41 Å². The summed E-state index contributed by atoms with van der Waals surface area (Å²) >= 11 is 0. The molecule has 1 unspecified atom stereocenters. The minimum absolute atomic E-state index is 0.229. The SMILES string of the molecule is CC(NCCN)c1ccc(C(C)(C)C)cc1. The van der Waals surface area contributed by atoms with Crippen LogP contribution in [-0.4, -0.2) is 13.1 Å². The van der Waals surface area contributed by atoms with E-state index in [1.54, 1.807) is 0 Å². The van der Waals surface area contributed by atoms with Crippen LogP contribution in [0.4, 0.5) is 0 Å². The lowest BCUT2D eigenvalue weighted by Crippen LogP contribution is -2.25. The quantitative estimate of drug-likeness (QED) is 0.818. The molecule has 16 heavy (non-hydrogen) atoms. The number of nitrogens with one attached hydrogen (secondary N) is 1. The molecule has 2 nitrogen and oxygen atoms in total. The Kier molecular flexibility index (Phi) is 4.51. The smallest absolute Gasteiger partial charge is 0.0292 e. The maximum Gasteiger partial charge on any atom is 0.0292 e. The van der Waals surface area contributed by atoms with Crippen molar-refractivity contribution < 1.29 is 0 Å². The molecule has 0 radical (unpaired) electrons. The van der Waals surface area contributed by atoms with Gasteiger partial charge in [0.2, 0.25) is 0 Å². The summed E-state index contributed by atoms with van der Waals surface area (Å²) in [5, 5.41) is 3.38. The Morgan fingerprint density at radius 1 is 1.19 bits per heavy atom. The number of benzene rings is 1. The zero-order valence-corrected chi connectivity index (χ0v) is 10.9. The molecule has 0 aliphatic heterocycles. The summed E-state index contributed by atoms with van der Waals surface area (Å²) in [5.74, 6) is 0.